The highest BCUT2D eigenvalue weighted by atomic mass is 19.1. The first-order valence-corrected chi connectivity index (χ1v) is 12.5. The number of benzene rings is 2. The molecule has 2 aliphatic carbocycles. The second-order valence-electron chi connectivity index (χ2n) is 10.1. The average Bonchev–Trinajstić information content (AvgIpc) is 2.81. The highest BCUT2D eigenvalue weighted by molar-refractivity contribution is 5.96. The molecule has 4 rings (SSSR count). The topological polar surface area (TPSA) is 26.3 Å². The Hall–Kier alpha value is -1.97. The quantitative estimate of drug-likeness (QED) is 0.319. The number of methoxy groups -OCH3 is 1. The Morgan fingerprint density at radius 3 is 2.56 bits per heavy atom. The van der Waals surface area contributed by atoms with Crippen LogP contribution in [0.15, 0.2) is 24.3 Å². The van der Waals surface area contributed by atoms with Crippen LogP contribution in [0.1, 0.15) is 99.4 Å². The predicted octanol–water partition coefficient (Wildman–Crippen LogP) is 8.18. The van der Waals surface area contributed by atoms with Crippen LogP contribution < -0.4 is 0 Å². The zero-order chi connectivity index (χ0) is 22.7. The molecule has 2 aromatic rings. The van der Waals surface area contributed by atoms with Gasteiger partial charge in [0.2, 0.25) is 0 Å². The number of unbranched alkanes of at least 4 members (excludes halogenated alkanes) is 3. The second kappa shape index (κ2) is 10.3. The first kappa shape index (κ1) is 23.2. The van der Waals surface area contributed by atoms with E-state index in [1.165, 1.54) is 77.0 Å². The van der Waals surface area contributed by atoms with E-state index in [4.69, 9.17) is 0 Å². The normalized spacial score (nSPS) is 25.5. The Balaban J connectivity index is 1.44. The maximum atomic E-state index is 15.0. The van der Waals surface area contributed by atoms with Crippen LogP contribution in [-0.4, -0.2) is 13.1 Å². The van der Waals surface area contributed by atoms with E-state index in [0.717, 1.165) is 36.2 Å². The third-order valence-electron chi connectivity index (χ3n) is 8.09. The van der Waals surface area contributed by atoms with Crippen molar-refractivity contribution in [1.29, 1.82) is 0 Å². The first-order chi connectivity index (χ1) is 15.5. The lowest BCUT2D eigenvalue weighted by atomic mass is 9.63. The van der Waals surface area contributed by atoms with Crippen molar-refractivity contribution in [2.75, 3.05) is 7.11 Å². The highest BCUT2D eigenvalue weighted by Crippen LogP contribution is 2.49. The van der Waals surface area contributed by atoms with Crippen LogP contribution in [-0.2, 0) is 4.74 Å². The van der Waals surface area contributed by atoms with Crippen LogP contribution in [0.4, 0.5) is 8.78 Å². The van der Waals surface area contributed by atoms with E-state index in [2.05, 4.69) is 11.7 Å². The molecule has 4 heteroatoms. The van der Waals surface area contributed by atoms with Gasteiger partial charge in [-0.15, -0.1) is 0 Å². The minimum Gasteiger partial charge on any atom is -0.465 e. The Morgan fingerprint density at radius 2 is 1.78 bits per heavy atom. The summed E-state index contributed by atoms with van der Waals surface area (Å²) in [4.78, 5) is 11.8. The number of rotatable bonds is 7. The fourth-order valence-corrected chi connectivity index (χ4v) is 6.31. The van der Waals surface area contributed by atoms with Crippen molar-refractivity contribution in [2.45, 2.75) is 83.5 Å². The highest BCUT2D eigenvalue weighted by Gasteiger charge is 2.36. The first-order valence-electron chi connectivity index (χ1n) is 12.5. The van der Waals surface area contributed by atoms with E-state index in [9.17, 15) is 13.6 Å². The van der Waals surface area contributed by atoms with Crippen molar-refractivity contribution in [3.8, 4) is 0 Å². The van der Waals surface area contributed by atoms with Crippen LogP contribution in [0, 0.1) is 29.4 Å². The maximum Gasteiger partial charge on any atom is 0.340 e. The summed E-state index contributed by atoms with van der Waals surface area (Å²) in [6, 6.07) is 6.45. The third-order valence-corrected chi connectivity index (χ3v) is 8.09. The van der Waals surface area contributed by atoms with Gasteiger partial charge >= 0.3 is 5.97 Å². The van der Waals surface area contributed by atoms with E-state index in [-0.39, 0.29) is 10.9 Å². The molecule has 0 bridgehead atoms. The molecule has 4 unspecified atom stereocenters. The summed E-state index contributed by atoms with van der Waals surface area (Å²) < 4.78 is 34.4. The number of carbonyl (C=O) groups excluding carboxylic acids is 1. The molecule has 0 saturated heterocycles. The van der Waals surface area contributed by atoms with Gasteiger partial charge in [0.1, 0.15) is 11.6 Å². The number of carbonyl (C=O) groups is 1. The summed E-state index contributed by atoms with van der Waals surface area (Å²) in [6.07, 6.45) is 14.2. The Labute approximate surface area is 190 Å². The maximum absolute atomic E-state index is 15.0. The van der Waals surface area contributed by atoms with Crippen molar-refractivity contribution >= 4 is 16.7 Å². The molecular weight excluding hydrogens is 406 g/mol. The fraction of sp³-hybridized carbons (Fsp3) is 0.607. The van der Waals surface area contributed by atoms with Crippen LogP contribution >= 0.6 is 0 Å². The molecule has 174 valence electrons. The fourth-order valence-electron chi connectivity index (χ4n) is 6.31. The Kier molecular flexibility index (Phi) is 7.48. The smallest absolute Gasteiger partial charge is 0.340 e. The minimum absolute atomic E-state index is 0.117. The molecule has 0 spiro atoms. The molecule has 2 aromatic carbocycles. The number of fused-ring (bicyclic) bond motifs is 2. The standard InChI is InChI=1S/C28H36F2O2/c1-3-4-5-6-7-18-8-9-20-15-21(11-10-19(20)14-18)23-16-22-12-13-24(28(31)32-2)27(30)26(22)25(29)17-23/h12-13,16-21H,3-11,14-15H2,1-2H3. The van der Waals surface area contributed by atoms with Crippen LogP contribution in [0.5, 0.6) is 0 Å². The lowest BCUT2D eigenvalue weighted by Gasteiger charge is -2.42. The van der Waals surface area contributed by atoms with Gasteiger partial charge in [-0.05, 0) is 78.9 Å². The molecule has 0 radical (unpaired) electrons. The summed E-state index contributed by atoms with van der Waals surface area (Å²) in [5, 5.41) is 0.400. The van der Waals surface area contributed by atoms with Gasteiger partial charge in [-0.1, -0.05) is 57.6 Å². The third kappa shape index (κ3) is 4.84. The van der Waals surface area contributed by atoms with Crippen molar-refractivity contribution in [1.82, 2.24) is 0 Å². The van der Waals surface area contributed by atoms with Gasteiger partial charge in [0.15, 0.2) is 0 Å². The minimum atomic E-state index is -0.834. The summed E-state index contributed by atoms with van der Waals surface area (Å²) in [6.45, 7) is 2.27. The van der Waals surface area contributed by atoms with Crippen LogP contribution in [0.25, 0.3) is 10.8 Å². The summed E-state index contributed by atoms with van der Waals surface area (Å²) in [5.41, 5.74) is 0.749. The van der Waals surface area contributed by atoms with Gasteiger partial charge in [0, 0.05) is 0 Å². The molecule has 2 fully saturated rings. The summed E-state index contributed by atoms with van der Waals surface area (Å²) >= 11 is 0. The summed E-state index contributed by atoms with van der Waals surface area (Å²) in [5.74, 6) is 0.582. The monoisotopic (exact) mass is 442 g/mol. The molecule has 0 aliphatic heterocycles. The van der Waals surface area contributed by atoms with Gasteiger partial charge in [0.05, 0.1) is 18.1 Å². The second-order valence-corrected chi connectivity index (χ2v) is 10.1. The molecule has 0 N–H and O–H groups in total. The molecule has 2 saturated carbocycles. The van der Waals surface area contributed by atoms with Crippen molar-refractivity contribution in [3.05, 3.63) is 47.0 Å². The molecule has 2 aliphatic rings. The van der Waals surface area contributed by atoms with E-state index in [1.54, 1.807) is 6.07 Å². The van der Waals surface area contributed by atoms with Gasteiger partial charge in [0.25, 0.3) is 0 Å². The molecule has 32 heavy (non-hydrogen) atoms. The van der Waals surface area contributed by atoms with E-state index in [1.807, 2.05) is 6.07 Å². The number of halogens is 2. The molecule has 2 nitrogen and oxygen atoms in total. The van der Waals surface area contributed by atoms with Crippen LogP contribution in [0.3, 0.4) is 0 Å². The van der Waals surface area contributed by atoms with Crippen molar-refractivity contribution in [2.24, 2.45) is 17.8 Å². The molecular formula is C28H36F2O2. The Morgan fingerprint density at radius 1 is 1.00 bits per heavy atom. The van der Waals surface area contributed by atoms with Crippen molar-refractivity contribution in [3.63, 3.8) is 0 Å². The number of ether oxygens (including phenoxy) is 1. The lowest BCUT2D eigenvalue weighted by molar-refractivity contribution is 0.0596. The van der Waals surface area contributed by atoms with Gasteiger partial charge in [-0.25, -0.2) is 13.6 Å². The Bertz CT molecular complexity index is 954. The molecule has 4 atom stereocenters. The van der Waals surface area contributed by atoms with E-state index in [0.29, 0.717) is 11.3 Å². The summed E-state index contributed by atoms with van der Waals surface area (Å²) in [7, 11) is 1.20. The average molecular weight is 443 g/mol. The zero-order valence-corrected chi connectivity index (χ0v) is 19.5. The molecule has 0 amide bonds. The predicted molar refractivity (Wildman–Crippen MR) is 125 cm³/mol. The molecule has 0 heterocycles. The SMILES string of the molecule is CCCCCCC1CCC2CC(c3cc(F)c4c(F)c(C(=O)OC)ccc4c3)CCC2C1. The van der Waals surface area contributed by atoms with Crippen molar-refractivity contribution < 1.29 is 18.3 Å². The zero-order valence-electron chi connectivity index (χ0n) is 19.5. The number of esters is 1. The number of hydrogen-bond donors (Lipinski definition) is 0. The lowest BCUT2D eigenvalue weighted by Crippen LogP contribution is -2.30. The van der Waals surface area contributed by atoms with E-state index >= 15 is 0 Å². The van der Waals surface area contributed by atoms with Crippen LogP contribution in [0.2, 0.25) is 0 Å². The van der Waals surface area contributed by atoms with Gasteiger partial charge in [-0.2, -0.15) is 0 Å². The van der Waals surface area contributed by atoms with Gasteiger partial charge < -0.3 is 4.74 Å². The van der Waals surface area contributed by atoms with Gasteiger partial charge in [-0.3, -0.25) is 0 Å². The molecule has 0 aromatic heterocycles. The van der Waals surface area contributed by atoms with E-state index < -0.39 is 17.6 Å². The largest absolute Gasteiger partial charge is 0.465 e. The number of hydrogen-bond acceptors (Lipinski definition) is 2.